The van der Waals surface area contributed by atoms with Crippen LogP contribution in [-0.4, -0.2) is 37.1 Å². The van der Waals surface area contributed by atoms with Crippen LogP contribution in [0, 0.1) is 0 Å². The Balaban J connectivity index is 2.49. The lowest BCUT2D eigenvalue weighted by Crippen LogP contribution is -2.47. The molecule has 0 bridgehead atoms. The highest BCUT2D eigenvalue weighted by Gasteiger charge is 2.30. The van der Waals surface area contributed by atoms with Crippen molar-refractivity contribution < 1.29 is 9.90 Å². The first-order valence-corrected chi connectivity index (χ1v) is 7.73. The van der Waals surface area contributed by atoms with Crippen molar-refractivity contribution in [3.8, 4) is 0 Å². The van der Waals surface area contributed by atoms with Gasteiger partial charge < -0.3 is 10.8 Å². The standard InChI is InChI=1S/C12H22N4O3S/c1-3-7-16-10(19)14-15-11(16)20-8-5-6-12(13,4-2)9(17)18/h3-8,13H2,1-2H3,(H,14,19)(H,17,18). The van der Waals surface area contributed by atoms with Gasteiger partial charge in [-0.25, -0.2) is 9.89 Å². The van der Waals surface area contributed by atoms with Gasteiger partial charge in [0.1, 0.15) is 5.54 Å². The molecule has 0 aliphatic carbocycles. The van der Waals surface area contributed by atoms with Crippen LogP contribution in [0.2, 0.25) is 0 Å². The van der Waals surface area contributed by atoms with E-state index < -0.39 is 11.5 Å². The predicted molar refractivity (Wildman–Crippen MR) is 77.9 cm³/mol. The quantitative estimate of drug-likeness (QED) is 0.464. The van der Waals surface area contributed by atoms with Crippen molar-refractivity contribution in [3.63, 3.8) is 0 Å². The lowest BCUT2D eigenvalue weighted by molar-refractivity contribution is -0.143. The summed E-state index contributed by atoms with van der Waals surface area (Å²) in [7, 11) is 0. The number of carboxylic acid groups (broad SMARTS) is 1. The van der Waals surface area contributed by atoms with E-state index in [1.165, 1.54) is 11.8 Å². The third-order valence-corrected chi connectivity index (χ3v) is 4.29. The first-order chi connectivity index (χ1) is 9.44. The average Bonchev–Trinajstić information content (AvgIpc) is 2.76. The van der Waals surface area contributed by atoms with Crippen LogP contribution >= 0.6 is 11.8 Å². The number of nitrogens with zero attached hydrogens (tertiary/aromatic N) is 2. The molecule has 1 aromatic heterocycles. The Hall–Kier alpha value is -1.28. The van der Waals surface area contributed by atoms with Crippen molar-refractivity contribution in [1.29, 1.82) is 0 Å². The fourth-order valence-electron chi connectivity index (χ4n) is 1.82. The largest absolute Gasteiger partial charge is 0.480 e. The van der Waals surface area contributed by atoms with Gasteiger partial charge >= 0.3 is 11.7 Å². The normalized spacial score (nSPS) is 14.2. The molecule has 1 rings (SSSR count). The summed E-state index contributed by atoms with van der Waals surface area (Å²) in [6, 6.07) is 0. The summed E-state index contributed by atoms with van der Waals surface area (Å²) in [5.74, 6) is -0.284. The molecule has 0 saturated heterocycles. The molecular weight excluding hydrogens is 280 g/mol. The molecule has 1 aromatic rings. The summed E-state index contributed by atoms with van der Waals surface area (Å²) in [4.78, 5) is 22.6. The lowest BCUT2D eigenvalue weighted by Gasteiger charge is -2.22. The number of thioether (sulfide) groups is 1. The minimum atomic E-state index is -1.16. The lowest BCUT2D eigenvalue weighted by atomic mass is 9.92. The topological polar surface area (TPSA) is 114 Å². The first kappa shape index (κ1) is 16.8. The third-order valence-electron chi connectivity index (χ3n) is 3.23. The minimum absolute atomic E-state index is 0.207. The molecule has 0 aromatic carbocycles. The average molecular weight is 302 g/mol. The number of H-pyrrole nitrogens is 1. The molecular formula is C12H22N4O3S. The first-order valence-electron chi connectivity index (χ1n) is 6.75. The molecule has 20 heavy (non-hydrogen) atoms. The molecule has 0 fully saturated rings. The van der Waals surface area contributed by atoms with Crippen LogP contribution in [0.15, 0.2) is 9.95 Å². The van der Waals surface area contributed by atoms with E-state index in [0.717, 1.165) is 6.42 Å². The SMILES string of the molecule is CCCn1c(SCCCC(N)(CC)C(=O)O)n[nH]c1=O. The number of aromatic nitrogens is 3. The molecule has 0 amide bonds. The summed E-state index contributed by atoms with van der Waals surface area (Å²) >= 11 is 1.44. The second-order valence-corrected chi connectivity index (χ2v) is 5.79. The Morgan fingerprint density at radius 1 is 1.55 bits per heavy atom. The van der Waals surface area contributed by atoms with Crippen LogP contribution in [0.4, 0.5) is 0 Å². The molecule has 1 atom stereocenters. The van der Waals surface area contributed by atoms with E-state index >= 15 is 0 Å². The molecule has 1 heterocycles. The molecule has 1 unspecified atom stereocenters. The van der Waals surface area contributed by atoms with Gasteiger partial charge in [-0.1, -0.05) is 25.6 Å². The number of rotatable bonds is 9. The van der Waals surface area contributed by atoms with Gasteiger partial charge in [-0.2, -0.15) is 0 Å². The second-order valence-electron chi connectivity index (χ2n) is 4.73. The van der Waals surface area contributed by atoms with Gasteiger partial charge in [0.2, 0.25) is 0 Å². The van der Waals surface area contributed by atoms with E-state index in [-0.39, 0.29) is 5.69 Å². The number of hydrogen-bond donors (Lipinski definition) is 3. The van der Waals surface area contributed by atoms with Crippen LogP contribution in [0.3, 0.4) is 0 Å². The maximum Gasteiger partial charge on any atom is 0.343 e. The number of hydrogen-bond acceptors (Lipinski definition) is 5. The molecule has 0 saturated carbocycles. The molecule has 0 radical (unpaired) electrons. The minimum Gasteiger partial charge on any atom is -0.480 e. The number of carboxylic acids is 1. The zero-order valence-electron chi connectivity index (χ0n) is 11.9. The van der Waals surface area contributed by atoms with Gasteiger partial charge in [0, 0.05) is 12.3 Å². The molecule has 8 heteroatoms. The monoisotopic (exact) mass is 302 g/mol. The van der Waals surface area contributed by atoms with Gasteiger partial charge in [0.15, 0.2) is 5.16 Å². The Morgan fingerprint density at radius 2 is 2.25 bits per heavy atom. The van der Waals surface area contributed by atoms with Gasteiger partial charge in [0.05, 0.1) is 0 Å². The molecule has 0 aliphatic rings. The summed E-state index contributed by atoms with van der Waals surface area (Å²) < 4.78 is 1.59. The highest BCUT2D eigenvalue weighted by molar-refractivity contribution is 7.99. The van der Waals surface area contributed by atoms with E-state index in [0.29, 0.717) is 36.7 Å². The van der Waals surface area contributed by atoms with Crippen LogP contribution in [0.5, 0.6) is 0 Å². The van der Waals surface area contributed by atoms with Crippen molar-refractivity contribution >= 4 is 17.7 Å². The summed E-state index contributed by atoms with van der Waals surface area (Å²) in [6.45, 7) is 4.39. The third kappa shape index (κ3) is 4.11. The van der Waals surface area contributed by atoms with Crippen molar-refractivity contribution in [1.82, 2.24) is 14.8 Å². The predicted octanol–water partition coefficient (Wildman–Crippen LogP) is 1.05. The summed E-state index contributed by atoms with van der Waals surface area (Å²) in [5, 5.41) is 16.1. The van der Waals surface area contributed by atoms with E-state index in [1.807, 2.05) is 6.92 Å². The van der Waals surface area contributed by atoms with E-state index in [4.69, 9.17) is 10.8 Å². The Kier molecular flexibility index (Phi) is 6.28. The highest BCUT2D eigenvalue weighted by Crippen LogP contribution is 2.20. The number of aliphatic carboxylic acids is 1. The van der Waals surface area contributed by atoms with Gasteiger partial charge in [-0.15, -0.1) is 5.10 Å². The summed E-state index contributed by atoms with van der Waals surface area (Å²) in [6.07, 6.45) is 2.33. The van der Waals surface area contributed by atoms with Crippen LogP contribution in [-0.2, 0) is 11.3 Å². The fourth-order valence-corrected chi connectivity index (χ4v) is 2.73. The van der Waals surface area contributed by atoms with Crippen molar-refractivity contribution in [2.45, 2.75) is 56.8 Å². The van der Waals surface area contributed by atoms with E-state index in [9.17, 15) is 9.59 Å². The zero-order chi connectivity index (χ0) is 15.2. The van der Waals surface area contributed by atoms with E-state index in [1.54, 1.807) is 11.5 Å². The van der Waals surface area contributed by atoms with Crippen molar-refractivity contribution in [3.05, 3.63) is 10.5 Å². The van der Waals surface area contributed by atoms with Crippen molar-refractivity contribution in [2.75, 3.05) is 5.75 Å². The number of nitrogens with one attached hydrogen (secondary N) is 1. The molecule has 114 valence electrons. The Labute approximate surface area is 121 Å². The zero-order valence-corrected chi connectivity index (χ0v) is 12.7. The number of aromatic amines is 1. The van der Waals surface area contributed by atoms with Crippen LogP contribution < -0.4 is 11.4 Å². The molecule has 4 N–H and O–H groups in total. The van der Waals surface area contributed by atoms with Gasteiger partial charge in [-0.3, -0.25) is 9.36 Å². The Morgan fingerprint density at radius 3 is 2.80 bits per heavy atom. The van der Waals surface area contributed by atoms with Crippen molar-refractivity contribution in [2.24, 2.45) is 5.73 Å². The smallest absolute Gasteiger partial charge is 0.343 e. The second kappa shape index (κ2) is 7.49. The molecule has 0 spiro atoms. The van der Waals surface area contributed by atoms with Gasteiger partial charge in [0.25, 0.3) is 0 Å². The highest BCUT2D eigenvalue weighted by atomic mass is 32.2. The van der Waals surface area contributed by atoms with Crippen LogP contribution in [0.25, 0.3) is 0 Å². The number of carbonyl (C=O) groups is 1. The van der Waals surface area contributed by atoms with Gasteiger partial charge in [-0.05, 0) is 25.7 Å². The van der Waals surface area contributed by atoms with E-state index in [2.05, 4.69) is 10.2 Å². The molecule has 0 aliphatic heterocycles. The fraction of sp³-hybridized carbons (Fsp3) is 0.750. The molecule has 7 nitrogen and oxygen atoms in total. The maximum absolute atomic E-state index is 11.5. The Bertz CT molecular complexity index is 499. The summed E-state index contributed by atoms with van der Waals surface area (Å²) in [5.41, 5.74) is 4.45. The number of nitrogens with two attached hydrogens (primary N) is 1. The maximum atomic E-state index is 11.5. The van der Waals surface area contributed by atoms with Crippen LogP contribution in [0.1, 0.15) is 39.5 Å².